The van der Waals surface area contributed by atoms with Gasteiger partial charge in [0.2, 0.25) is 0 Å². The fraction of sp³-hybridized carbons (Fsp3) is 0.455. The average molecular weight is 402 g/mol. The molecule has 1 N–H and O–H groups in total. The second kappa shape index (κ2) is 8.88. The second-order valence-corrected chi connectivity index (χ2v) is 8.92. The number of hydrogen-bond donors (Lipinski definition) is 1. The summed E-state index contributed by atoms with van der Waals surface area (Å²) in [5.41, 5.74) is 1.44. The van der Waals surface area contributed by atoms with Crippen LogP contribution in [0.4, 0.5) is 5.00 Å². The lowest BCUT2D eigenvalue weighted by Gasteiger charge is -2.35. The van der Waals surface area contributed by atoms with Crippen LogP contribution >= 0.6 is 11.3 Å². The Bertz CT molecular complexity index is 824. The summed E-state index contributed by atoms with van der Waals surface area (Å²) in [5, 5.41) is 3.55. The number of carbonyl (C=O) groups excluding carboxylic acids is 2. The molecule has 1 aliphatic rings. The van der Waals surface area contributed by atoms with Gasteiger partial charge in [-0.1, -0.05) is 30.3 Å². The summed E-state index contributed by atoms with van der Waals surface area (Å²) in [5.74, 6) is -0.468. The molecule has 1 aliphatic carbocycles. The number of hydrogen-bond acceptors (Lipinski definition) is 4. The van der Waals surface area contributed by atoms with Crippen molar-refractivity contribution in [3.05, 3.63) is 42.0 Å². The van der Waals surface area contributed by atoms with Gasteiger partial charge in [-0.05, 0) is 44.2 Å². The van der Waals surface area contributed by atoms with E-state index in [0.717, 1.165) is 10.4 Å². The first kappa shape index (κ1) is 20.6. The van der Waals surface area contributed by atoms with Crippen molar-refractivity contribution >= 4 is 28.2 Å². The van der Waals surface area contributed by atoms with E-state index in [1.54, 1.807) is 6.92 Å². The summed E-state index contributed by atoms with van der Waals surface area (Å²) in [7, 11) is 4.23. The Morgan fingerprint density at radius 2 is 1.86 bits per heavy atom. The standard InChI is InChI=1S/C22H28N2O3S/c1-4-27-22(26)18-14-19(16-10-6-5-7-11-16)28-21(18)23-20(25)15-24(2,3)17-12-8-9-13-17/h5-7,10-11,14,17H,4,8-9,12-13,15H2,1-3H3/p+1. The first-order valence-electron chi connectivity index (χ1n) is 9.89. The van der Waals surface area contributed by atoms with Crippen LogP contribution in [0.2, 0.25) is 0 Å². The molecule has 1 aromatic heterocycles. The lowest BCUT2D eigenvalue weighted by atomic mass is 10.1. The number of anilines is 1. The third-order valence-corrected chi connectivity index (χ3v) is 6.50. The summed E-state index contributed by atoms with van der Waals surface area (Å²) >= 11 is 1.41. The van der Waals surface area contributed by atoms with E-state index in [4.69, 9.17) is 4.74 Å². The molecule has 5 nitrogen and oxygen atoms in total. The molecule has 3 rings (SSSR count). The maximum atomic E-state index is 12.8. The molecule has 1 fully saturated rings. The molecule has 0 atom stereocenters. The van der Waals surface area contributed by atoms with Gasteiger partial charge in [0.05, 0.1) is 32.3 Å². The topological polar surface area (TPSA) is 55.4 Å². The molecule has 0 spiro atoms. The zero-order valence-corrected chi connectivity index (χ0v) is 17.7. The predicted octanol–water partition coefficient (Wildman–Crippen LogP) is 4.55. The molecule has 2 aromatic rings. The lowest BCUT2D eigenvalue weighted by Crippen LogP contribution is -2.51. The average Bonchev–Trinajstić information content (AvgIpc) is 3.33. The Labute approximate surface area is 170 Å². The normalized spacial score (nSPS) is 14.8. The highest BCUT2D eigenvalue weighted by Crippen LogP contribution is 2.36. The van der Waals surface area contributed by atoms with Gasteiger partial charge in [-0.3, -0.25) is 4.79 Å². The van der Waals surface area contributed by atoms with Crippen molar-refractivity contribution in [2.45, 2.75) is 38.6 Å². The highest BCUT2D eigenvalue weighted by molar-refractivity contribution is 7.20. The maximum Gasteiger partial charge on any atom is 0.341 e. The number of amides is 1. The number of thiophene rings is 1. The Balaban J connectivity index is 1.80. The number of nitrogens with zero attached hydrogens (tertiary/aromatic N) is 1. The number of benzene rings is 1. The van der Waals surface area contributed by atoms with Gasteiger partial charge in [-0.2, -0.15) is 0 Å². The van der Waals surface area contributed by atoms with Crippen LogP contribution in [-0.2, 0) is 9.53 Å². The molecule has 0 aliphatic heterocycles. The molecule has 1 amide bonds. The highest BCUT2D eigenvalue weighted by Gasteiger charge is 2.33. The summed E-state index contributed by atoms with van der Waals surface area (Å²) in [6, 6.07) is 12.2. The van der Waals surface area contributed by atoms with Crippen molar-refractivity contribution in [2.24, 2.45) is 0 Å². The Morgan fingerprint density at radius 1 is 1.18 bits per heavy atom. The third-order valence-electron chi connectivity index (χ3n) is 5.40. The van der Waals surface area contributed by atoms with Gasteiger partial charge < -0.3 is 14.5 Å². The Kier molecular flexibility index (Phi) is 6.52. The van der Waals surface area contributed by atoms with Gasteiger partial charge in [-0.25, -0.2) is 4.79 Å². The van der Waals surface area contributed by atoms with E-state index in [2.05, 4.69) is 19.4 Å². The molecule has 0 saturated heterocycles. The smallest absolute Gasteiger partial charge is 0.341 e. The van der Waals surface area contributed by atoms with Crippen molar-refractivity contribution in [2.75, 3.05) is 32.6 Å². The van der Waals surface area contributed by atoms with E-state index < -0.39 is 5.97 Å². The molecule has 1 heterocycles. The fourth-order valence-electron chi connectivity index (χ4n) is 3.86. The molecule has 28 heavy (non-hydrogen) atoms. The summed E-state index contributed by atoms with van der Waals surface area (Å²) in [6.07, 6.45) is 4.83. The van der Waals surface area contributed by atoms with Crippen molar-refractivity contribution in [1.82, 2.24) is 0 Å². The minimum absolute atomic E-state index is 0.0658. The van der Waals surface area contributed by atoms with Crippen LogP contribution in [0.3, 0.4) is 0 Å². The van der Waals surface area contributed by atoms with Crippen molar-refractivity contribution in [1.29, 1.82) is 0 Å². The van der Waals surface area contributed by atoms with Crippen molar-refractivity contribution < 1.29 is 18.8 Å². The molecule has 150 valence electrons. The van der Waals surface area contributed by atoms with Crippen LogP contribution in [0.25, 0.3) is 10.4 Å². The van der Waals surface area contributed by atoms with Gasteiger partial charge in [0.25, 0.3) is 5.91 Å². The van der Waals surface area contributed by atoms with Crippen LogP contribution in [0.5, 0.6) is 0 Å². The molecule has 0 bridgehead atoms. The maximum absolute atomic E-state index is 12.8. The largest absolute Gasteiger partial charge is 0.462 e. The van der Waals surface area contributed by atoms with Gasteiger partial charge in [0.15, 0.2) is 6.54 Å². The van der Waals surface area contributed by atoms with Crippen molar-refractivity contribution in [3.8, 4) is 10.4 Å². The van der Waals surface area contributed by atoms with E-state index >= 15 is 0 Å². The number of esters is 1. The second-order valence-electron chi connectivity index (χ2n) is 7.86. The molecule has 6 heteroatoms. The Hall–Kier alpha value is -2.18. The molecular weight excluding hydrogens is 372 g/mol. The minimum atomic E-state index is -0.402. The molecule has 1 saturated carbocycles. The van der Waals surface area contributed by atoms with E-state index in [1.807, 2.05) is 36.4 Å². The lowest BCUT2D eigenvalue weighted by molar-refractivity contribution is -0.906. The van der Waals surface area contributed by atoms with Gasteiger partial charge in [0.1, 0.15) is 5.00 Å². The first-order chi connectivity index (χ1) is 13.4. The van der Waals surface area contributed by atoms with Crippen molar-refractivity contribution in [3.63, 3.8) is 0 Å². The molecule has 0 unspecified atom stereocenters. The van der Waals surface area contributed by atoms with E-state index in [0.29, 0.717) is 34.2 Å². The quantitative estimate of drug-likeness (QED) is 0.547. The Morgan fingerprint density at radius 3 is 2.50 bits per heavy atom. The van der Waals surface area contributed by atoms with Gasteiger partial charge in [0, 0.05) is 4.88 Å². The van der Waals surface area contributed by atoms with Gasteiger partial charge in [-0.15, -0.1) is 11.3 Å². The van der Waals surface area contributed by atoms with Crippen LogP contribution in [-0.4, -0.2) is 49.6 Å². The monoisotopic (exact) mass is 401 g/mol. The van der Waals surface area contributed by atoms with Crippen LogP contribution in [0.1, 0.15) is 43.0 Å². The van der Waals surface area contributed by atoms with Crippen LogP contribution in [0.15, 0.2) is 36.4 Å². The third kappa shape index (κ3) is 4.80. The predicted molar refractivity (Wildman–Crippen MR) is 114 cm³/mol. The number of rotatable bonds is 7. The fourth-order valence-corrected chi connectivity index (χ4v) is 4.93. The number of quaternary nitrogens is 1. The van der Waals surface area contributed by atoms with E-state index in [1.165, 1.54) is 37.0 Å². The zero-order valence-electron chi connectivity index (χ0n) is 16.9. The summed E-state index contributed by atoms with van der Waals surface area (Å²) < 4.78 is 5.87. The zero-order chi connectivity index (χ0) is 20.1. The molecule has 0 radical (unpaired) electrons. The number of carbonyl (C=O) groups is 2. The molecular formula is C22H29N2O3S+. The molecule has 1 aromatic carbocycles. The highest BCUT2D eigenvalue weighted by atomic mass is 32.1. The van der Waals surface area contributed by atoms with E-state index in [-0.39, 0.29) is 5.91 Å². The minimum Gasteiger partial charge on any atom is -0.462 e. The summed E-state index contributed by atoms with van der Waals surface area (Å²) in [4.78, 5) is 26.1. The number of likely N-dealkylation sites (N-methyl/N-ethyl adjacent to an activating group) is 1. The van der Waals surface area contributed by atoms with Crippen LogP contribution in [0, 0.1) is 0 Å². The van der Waals surface area contributed by atoms with Gasteiger partial charge >= 0.3 is 5.97 Å². The first-order valence-corrected chi connectivity index (χ1v) is 10.7. The SMILES string of the molecule is CCOC(=O)c1cc(-c2ccccc2)sc1NC(=O)C[N+](C)(C)C1CCCC1. The number of nitrogens with one attached hydrogen (secondary N) is 1. The number of ether oxygens (including phenoxy) is 1. The van der Waals surface area contributed by atoms with E-state index in [9.17, 15) is 9.59 Å². The van der Waals surface area contributed by atoms with Crippen LogP contribution < -0.4 is 5.32 Å². The summed E-state index contributed by atoms with van der Waals surface area (Å²) in [6.45, 7) is 2.47.